The van der Waals surface area contributed by atoms with Gasteiger partial charge < -0.3 is 10.0 Å². The molecule has 2 amide bonds. The molecular weight excluding hydrogens is 251 g/mol. The van der Waals surface area contributed by atoms with E-state index in [0.29, 0.717) is 5.69 Å². The lowest BCUT2D eigenvalue weighted by atomic mass is 10.3. The average Bonchev–Trinajstić information content (AvgIpc) is 3.19. The smallest absolute Gasteiger partial charge is 0.324 e. The Balaban J connectivity index is 2.12. The van der Waals surface area contributed by atoms with E-state index in [1.807, 2.05) is 0 Å². The van der Waals surface area contributed by atoms with Gasteiger partial charge in [0.2, 0.25) is 0 Å². The molecular formula is C13H15FN2O3. The highest BCUT2D eigenvalue weighted by atomic mass is 19.1. The number of anilines is 1. The number of amides is 2. The maximum Gasteiger partial charge on any atom is 0.324 e. The van der Waals surface area contributed by atoms with E-state index in [1.165, 1.54) is 34.1 Å². The van der Waals surface area contributed by atoms with Crippen LogP contribution in [-0.2, 0) is 4.79 Å². The Kier molecular flexibility index (Phi) is 3.69. The molecule has 1 N–H and O–H groups in total. The molecule has 0 spiro atoms. The molecule has 0 unspecified atom stereocenters. The summed E-state index contributed by atoms with van der Waals surface area (Å²) in [6.45, 7) is -0.310. The molecule has 2 rings (SSSR count). The van der Waals surface area contributed by atoms with Gasteiger partial charge in [0.25, 0.3) is 0 Å². The van der Waals surface area contributed by atoms with Crippen LogP contribution in [0.25, 0.3) is 0 Å². The number of carboxylic acid groups (broad SMARTS) is 1. The molecule has 1 fully saturated rings. The Morgan fingerprint density at radius 1 is 1.32 bits per heavy atom. The largest absolute Gasteiger partial charge is 0.480 e. The predicted molar refractivity (Wildman–Crippen MR) is 67.6 cm³/mol. The van der Waals surface area contributed by atoms with Crippen LogP contribution < -0.4 is 4.90 Å². The third-order valence-corrected chi connectivity index (χ3v) is 3.04. The van der Waals surface area contributed by atoms with E-state index in [1.54, 1.807) is 7.05 Å². The number of carboxylic acids is 1. The van der Waals surface area contributed by atoms with Gasteiger partial charge in [0.1, 0.15) is 12.4 Å². The Morgan fingerprint density at radius 2 is 1.89 bits per heavy atom. The Hall–Kier alpha value is -2.11. The molecule has 0 atom stereocenters. The summed E-state index contributed by atoms with van der Waals surface area (Å²) in [6, 6.07) is 5.12. The van der Waals surface area contributed by atoms with Gasteiger partial charge in [-0.3, -0.25) is 9.69 Å². The number of halogens is 1. The molecule has 5 nitrogen and oxygen atoms in total. The van der Waals surface area contributed by atoms with Gasteiger partial charge in [0.05, 0.1) is 0 Å². The fourth-order valence-electron chi connectivity index (χ4n) is 1.85. The van der Waals surface area contributed by atoms with Gasteiger partial charge >= 0.3 is 12.0 Å². The fourth-order valence-corrected chi connectivity index (χ4v) is 1.85. The second kappa shape index (κ2) is 5.26. The minimum atomic E-state index is -1.03. The SMILES string of the molecule is CN(C(=O)N(CC(=O)O)C1CC1)c1ccc(F)cc1. The van der Waals surface area contributed by atoms with E-state index in [-0.39, 0.29) is 24.4 Å². The predicted octanol–water partition coefficient (Wildman–Crippen LogP) is 1.93. The minimum Gasteiger partial charge on any atom is -0.480 e. The number of aliphatic carboxylic acids is 1. The summed E-state index contributed by atoms with van der Waals surface area (Å²) in [4.78, 5) is 25.7. The number of carbonyl (C=O) groups excluding carboxylic acids is 1. The summed E-state index contributed by atoms with van der Waals surface area (Å²) >= 11 is 0. The first-order valence-corrected chi connectivity index (χ1v) is 6.00. The highest BCUT2D eigenvalue weighted by Crippen LogP contribution is 2.28. The first kappa shape index (κ1) is 13.3. The summed E-state index contributed by atoms with van der Waals surface area (Å²) in [7, 11) is 1.55. The Labute approximate surface area is 110 Å². The highest BCUT2D eigenvalue weighted by molar-refractivity contribution is 5.93. The average molecular weight is 266 g/mol. The molecule has 102 valence electrons. The summed E-state index contributed by atoms with van der Waals surface area (Å²) in [5, 5.41) is 8.84. The second-order valence-corrected chi connectivity index (χ2v) is 4.57. The van der Waals surface area contributed by atoms with Crippen molar-refractivity contribution in [2.24, 2.45) is 0 Å². The van der Waals surface area contributed by atoms with E-state index < -0.39 is 5.97 Å². The molecule has 0 aromatic heterocycles. The number of rotatable bonds is 4. The quantitative estimate of drug-likeness (QED) is 0.905. The lowest BCUT2D eigenvalue weighted by Crippen LogP contribution is -2.45. The third kappa shape index (κ3) is 3.21. The second-order valence-electron chi connectivity index (χ2n) is 4.57. The summed E-state index contributed by atoms with van der Waals surface area (Å²) < 4.78 is 12.8. The zero-order valence-corrected chi connectivity index (χ0v) is 10.5. The number of nitrogens with zero attached hydrogens (tertiary/aromatic N) is 2. The van der Waals surface area contributed by atoms with Gasteiger partial charge in [0, 0.05) is 18.8 Å². The van der Waals surface area contributed by atoms with Crippen molar-refractivity contribution in [3.8, 4) is 0 Å². The molecule has 0 saturated heterocycles. The van der Waals surface area contributed by atoms with E-state index in [2.05, 4.69) is 0 Å². The lowest BCUT2D eigenvalue weighted by Gasteiger charge is -2.27. The van der Waals surface area contributed by atoms with E-state index >= 15 is 0 Å². The summed E-state index contributed by atoms with van der Waals surface area (Å²) in [5.74, 6) is -1.41. The number of carbonyl (C=O) groups is 2. The van der Waals surface area contributed by atoms with Crippen LogP contribution in [0.4, 0.5) is 14.9 Å². The zero-order valence-electron chi connectivity index (χ0n) is 10.5. The molecule has 0 heterocycles. The van der Waals surface area contributed by atoms with Crippen molar-refractivity contribution in [3.63, 3.8) is 0 Å². The van der Waals surface area contributed by atoms with E-state index in [9.17, 15) is 14.0 Å². The van der Waals surface area contributed by atoms with Gasteiger partial charge in [-0.25, -0.2) is 9.18 Å². The fraction of sp³-hybridized carbons (Fsp3) is 0.385. The molecule has 0 bridgehead atoms. The van der Waals surface area contributed by atoms with Crippen molar-refractivity contribution in [1.82, 2.24) is 4.90 Å². The molecule has 6 heteroatoms. The van der Waals surface area contributed by atoms with Crippen LogP contribution in [0.5, 0.6) is 0 Å². The van der Waals surface area contributed by atoms with Gasteiger partial charge in [-0.15, -0.1) is 0 Å². The van der Waals surface area contributed by atoms with Crippen LogP contribution in [0.15, 0.2) is 24.3 Å². The third-order valence-electron chi connectivity index (χ3n) is 3.04. The molecule has 1 aliphatic carbocycles. The maximum absolute atomic E-state index is 12.8. The minimum absolute atomic E-state index is 0.00602. The number of benzene rings is 1. The van der Waals surface area contributed by atoms with Crippen LogP contribution >= 0.6 is 0 Å². The number of hydrogen-bond donors (Lipinski definition) is 1. The summed E-state index contributed by atoms with van der Waals surface area (Å²) in [6.07, 6.45) is 1.66. The molecule has 19 heavy (non-hydrogen) atoms. The zero-order chi connectivity index (χ0) is 14.0. The summed E-state index contributed by atoms with van der Waals surface area (Å²) in [5.41, 5.74) is 0.530. The van der Waals surface area contributed by atoms with Crippen LogP contribution in [0.1, 0.15) is 12.8 Å². The van der Waals surface area contributed by atoms with Gasteiger partial charge in [-0.05, 0) is 37.1 Å². The number of hydrogen-bond acceptors (Lipinski definition) is 2. The van der Waals surface area contributed by atoms with Crippen molar-refractivity contribution in [3.05, 3.63) is 30.1 Å². The first-order chi connectivity index (χ1) is 8.99. The lowest BCUT2D eigenvalue weighted by molar-refractivity contribution is -0.137. The van der Waals surface area contributed by atoms with Crippen LogP contribution in [0.2, 0.25) is 0 Å². The number of urea groups is 1. The van der Waals surface area contributed by atoms with E-state index in [4.69, 9.17) is 5.11 Å². The molecule has 0 aliphatic heterocycles. The molecule has 1 aliphatic rings. The van der Waals surface area contributed by atoms with Crippen LogP contribution in [-0.4, -0.2) is 41.6 Å². The maximum atomic E-state index is 12.8. The Bertz CT molecular complexity index is 485. The first-order valence-electron chi connectivity index (χ1n) is 6.00. The van der Waals surface area contributed by atoms with Crippen LogP contribution in [0, 0.1) is 5.82 Å². The normalized spacial score (nSPS) is 14.0. The van der Waals surface area contributed by atoms with E-state index in [0.717, 1.165) is 12.8 Å². The molecule has 1 aromatic rings. The topological polar surface area (TPSA) is 60.9 Å². The van der Waals surface area contributed by atoms with Crippen LogP contribution in [0.3, 0.4) is 0 Å². The standard InChI is InChI=1S/C13H15FN2O3/c1-15(10-4-2-9(14)3-5-10)13(19)16(8-12(17)18)11-6-7-11/h2-5,11H,6-8H2,1H3,(H,17,18). The van der Waals surface area contributed by atoms with Crippen molar-refractivity contribution < 1.29 is 19.1 Å². The van der Waals surface area contributed by atoms with Crippen molar-refractivity contribution in [2.45, 2.75) is 18.9 Å². The molecule has 1 aromatic carbocycles. The van der Waals surface area contributed by atoms with Gasteiger partial charge in [0.15, 0.2) is 0 Å². The highest BCUT2D eigenvalue weighted by Gasteiger charge is 2.35. The monoisotopic (exact) mass is 266 g/mol. The Morgan fingerprint density at radius 3 is 2.37 bits per heavy atom. The molecule has 1 saturated carbocycles. The van der Waals surface area contributed by atoms with Crippen molar-refractivity contribution >= 4 is 17.7 Å². The van der Waals surface area contributed by atoms with Crippen molar-refractivity contribution in [2.75, 3.05) is 18.5 Å². The van der Waals surface area contributed by atoms with Gasteiger partial charge in [-0.1, -0.05) is 0 Å². The van der Waals surface area contributed by atoms with Gasteiger partial charge in [-0.2, -0.15) is 0 Å². The van der Waals surface area contributed by atoms with Crippen molar-refractivity contribution in [1.29, 1.82) is 0 Å². The molecule has 0 radical (unpaired) electrons.